The van der Waals surface area contributed by atoms with E-state index in [4.69, 9.17) is 15.3 Å². The van der Waals surface area contributed by atoms with Gasteiger partial charge in [-0.3, -0.25) is 0 Å². The molecule has 0 saturated heterocycles. The van der Waals surface area contributed by atoms with E-state index in [0.29, 0.717) is 16.7 Å². The Kier molecular flexibility index (Phi) is 15.8. The molecule has 4 rings (SSSR count). The molecule has 7 heteroatoms. The van der Waals surface area contributed by atoms with Crippen molar-refractivity contribution < 1.29 is 51.4 Å². The first kappa shape index (κ1) is 34.1. The Labute approximate surface area is 238 Å². The standard InChI is InChI=1S/C10H15.3C7H6O2.Ti/c1-6-7(2)9(4)10(5)8(6)3;3*8-7(9)6-4-2-1-3-5-6;/h1-5H3;3*1-5H,(H,8,9);/q-1;;;;. The van der Waals surface area contributed by atoms with Gasteiger partial charge in [0.2, 0.25) is 0 Å². The minimum atomic E-state index is -0.879. The van der Waals surface area contributed by atoms with Crippen LogP contribution in [0, 0.1) is 34.6 Å². The zero-order valence-electron chi connectivity index (χ0n) is 22.2. The molecule has 0 radical (unpaired) electrons. The molecule has 38 heavy (non-hydrogen) atoms. The molecule has 0 heterocycles. The molecule has 3 N–H and O–H groups in total. The van der Waals surface area contributed by atoms with Gasteiger partial charge in [0.15, 0.2) is 0 Å². The third kappa shape index (κ3) is 11.5. The van der Waals surface area contributed by atoms with E-state index in [2.05, 4.69) is 34.6 Å². The fourth-order valence-corrected chi connectivity index (χ4v) is 3.15. The first-order valence-corrected chi connectivity index (χ1v) is 11.5. The fraction of sp³-hybridized carbons (Fsp3) is 0.161. The van der Waals surface area contributed by atoms with Crippen molar-refractivity contribution in [1.82, 2.24) is 0 Å². The number of hydrogen-bond acceptors (Lipinski definition) is 3. The van der Waals surface area contributed by atoms with Crippen molar-refractivity contribution in [2.24, 2.45) is 0 Å². The molecular weight excluding hydrogens is 516 g/mol. The summed E-state index contributed by atoms with van der Waals surface area (Å²) < 4.78 is 0. The predicted molar refractivity (Wildman–Crippen MR) is 146 cm³/mol. The molecule has 0 saturated carbocycles. The normalized spacial score (nSPS) is 9.08. The third-order valence-electron chi connectivity index (χ3n) is 5.87. The largest absolute Gasteiger partial charge is 0.478 e. The van der Waals surface area contributed by atoms with Crippen LogP contribution in [0.2, 0.25) is 0 Å². The van der Waals surface area contributed by atoms with E-state index in [9.17, 15) is 14.4 Å². The van der Waals surface area contributed by atoms with Crippen molar-refractivity contribution in [1.29, 1.82) is 0 Å². The molecule has 4 aromatic rings. The van der Waals surface area contributed by atoms with Crippen molar-refractivity contribution in [3.05, 3.63) is 136 Å². The van der Waals surface area contributed by atoms with Gasteiger partial charge < -0.3 is 15.3 Å². The molecule has 0 amide bonds. The summed E-state index contributed by atoms with van der Waals surface area (Å²) in [5.41, 5.74) is 8.33. The molecule has 0 fully saturated rings. The van der Waals surface area contributed by atoms with Gasteiger partial charge in [-0.15, -0.1) is 0 Å². The van der Waals surface area contributed by atoms with Crippen LogP contribution in [0.5, 0.6) is 0 Å². The zero-order chi connectivity index (χ0) is 28.0. The quantitative estimate of drug-likeness (QED) is 0.186. The summed E-state index contributed by atoms with van der Waals surface area (Å²) >= 11 is 0. The Hall–Kier alpha value is -3.87. The molecule has 0 aromatic heterocycles. The summed E-state index contributed by atoms with van der Waals surface area (Å²) in [4.78, 5) is 30.6. The summed E-state index contributed by atoms with van der Waals surface area (Å²) in [6.07, 6.45) is 0. The minimum Gasteiger partial charge on any atom is -0.478 e. The van der Waals surface area contributed by atoms with Crippen LogP contribution in [0.1, 0.15) is 58.9 Å². The van der Waals surface area contributed by atoms with Gasteiger partial charge in [-0.25, -0.2) is 14.4 Å². The first-order valence-electron chi connectivity index (χ1n) is 11.5. The second kappa shape index (κ2) is 17.6. The number of carboxylic acids is 3. The van der Waals surface area contributed by atoms with E-state index in [1.54, 1.807) is 91.0 Å². The van der Waals surface area contributed by atoms with E-state index in [1.807, 2.05) is 0 Å². The second-order valence-corrected chi connectivity index (χ2v) is 8.14. The Morgan fingerprint density at radius 2 is 0.711 bits per heavy atom. The average molecular weight is 549 g/mol. The van der Waals surface area contributed by atoms with Crippen LogP contribution in [-0.4, -0.2) is 33.2 Å². The number of carboxylic acid groups (broad SMARTS) is 3. The number of hydrogen-bond donors (Lipinski definition) is 3. The van der Waals surface area contributed by atoms with Crippen molar-refractivity contribution in [3.63, 3.8) is 0 Å². The summed E-state index contributed by atoms with van der Waals surface area (Å²) in [5.74, 6) is -2.64. The van der Waals surface area contributed by atoms with Gasteiger partial charge in [-0.05, 0) is 36.4 Å². The van der Waals surface area contributed by atoms with E-state index in [0.717, 1.165) is 0 Å². The maximum atomic E-state index is 10.2. The summed E-state index contributed by atoms with van der Waals surface area (Å²) in [6.45, 7) is 11.0. The average Bonchev–Trinajstić information content (AvgIpc) is 3.08. The van der Waals surface area contributed by atoms with Gasteiger partial charge >= 0.3 is 17.9 Å². The molecule has 0 atom stereocenters. The Balaban J connectivity index is 0.000000477. The fourth-order valence-electron chi connectivity index (χ4n) is 3.15. The predicted octanol–water partition coefficient (Wildman–Crippen LogP) is 7.10. The summed E-state index contributed by atoms with van der Waals surface area (Å²) in [6, 6.07) is 24.9. The van der Waals surface area contributed by atoms with E-state index in [1.165, 1.54) is 27.8 Å². The number of aromatic carboxylic acids is 3. The maximum Gasteiger partial charge on any atom is 0.335 e. The van der Waals surface area contributed by atoms with E-state index < -0.39 is 17.9 Å². The smallest absolute Gasteiger partial charge is 0.335 e. The molecule has 0 spiro atoms. The number of rotatable bonds is 3. The number of benzene rings is 3. The molecule has 0 aliphatic heterocycles. The van der Waals surface area contributed by atoms with Crippen molar-refractivity contribution in [2.45, 2.75) is 34.6 Å². The molecule has 0 bridgehead atoms. The molecule has 0 unspecified atom stereocenters. The van der Waals surface area contributed by atoms with E-state index in [-0.39, 0.29) is 21.7 Å². The summed E-state index contributed by atoms with van der Waals surface area (Å²) in [5, 5.41) is 25.2. The van der Waals surface area contributed by atoms with Gasteiger partial charge in [0.1, 0.15) is 0 Å². The van der Waals surface area contributed by atoms with Crippen LogP contribution in [-0.2, 0) is 21.7 Å². The van der Waals surface area contributed by atoms with Crippen LogP contribution in [0.3, 0.4) is 0 Å². The van der Waals surface area contributed by atoms with Crippen molar-refractivity contribution in [3.8, 4) is 0 Å². The monoisotopic (exact) mass is 549 g/mol. The number of carbonyl (C=O) groups is 3. The van der Waals surface area contributed by atoms with E-state index >= 15 is 0 Å². The minimum absolute atomic E-state index is 0. The van der Waals surface area contributed by atoms with Crippen LogP contribution in [0.25, 0.3) is 0 Å². The van der Waals surface area contributed by atoms with Gasteiger partial charge in [0.05, 0.1) is 16.7 Å². The second-order valence-electron chi connectivity index (χ2n) is 8.14. The molecule has 0 aliphatic rings. The Morgan fingerprint density at radius 3 is 0.816 bits per heavy atom. The van der Waals surface area contributed by atoms with Gasteiger partial charge in [-0.1, -0.05) is 89.2 Å². The van der Waals surface area contributed by atoms with Crippen molar-refractivity contribution >= 4 is 17.9 Å². The first-order chi connectivity index (χ1) is 17.5. The van der Waals surface area contributed by atoms with Gasteiger partial charge in [0, 0.05) is 21.7 Å². The Bertz CT molecular complexity index is 1080. The molecule has 4 aromatic carbocycles. The van der Waals surface area contributed by atoms with Crippen LogP contribution >= 0.6 is 0 Å². The maximum absolute atomic E-state index is 10.2. The molecule has 6 nitrogen and oxygen atoms in total. The van der Waals surface area contributed by atoms with Gasteiger partial charge in [-0.2, -0.15) is 27.8 Å². The topological polar surface area (TPSA) is 112 Å². The summed E-state index contributed by atoms with van der Waals surface area (Å²) in [7, 11) is 0. The Morgan fingerprint density at radius 1 is 0.500 bits per heavy atom. The zero-order valence-corrected chi connectivity index (χ0v) is 23.8. The molecular formula is C31H33O6Ti-. The molecule has 0 aliphatic carbocycles. The van der Waals surface area contributed by atoms with Crippen LogP contribution in [0.4, 0.5) is 0 Å². The third-order valence-corrected chi connectivity index (χ3v) is 5.87. The SMILES string of the molecule is Cc1c(C)c(C)[c-](C)c1C.O=C(O)c1ccccc1.O=C(O)c1ccccc1.O=C(O)c1ccccc1.[Ti]. The van der Waals surface area contributed by atoms with Crippen LogP contribution < -0.4 is 0 Å². The van der Waals surface area contributed by atoms with Crippen molar-refractivity contribution in [2.75, 3.05) is 0 Å². The van der Waals surface area contributed by atoms with Gasteiger partial charge in [0.25, 0.3) is 0 Å². The molecule has 198 valence electrons. The van der Waals surface area contributed by atoms with Crippen LogP contribution in [0.15, 0.2) is 91.0 Å².